The first-order valence-electron chi connectivity index (χ1n) is 6.21. The summed E-state index contributed by atoms with van der Waals surface area (Å²) in [6, 6.07) is 0.297. The summed E-state index contributed by atoms with van der Waals surface area (Å²) in [4.78, 5) is 25.0. The molecule has 4 heteroatoms. The first-order chi connectivity index (χ1) is 7.74. The lowest BCUT2D eigenvalue weighted by Crippen LogP contribution is -2.43. The summed E-state index contributed by atoms with van der Waals surface area (Å²) in [6.07, 6.45) is 5.75. The predicted octanol–water partition coefficient (Wildman–Crippen LogP) is 1.34. The predicted molar refractivity (Wildman–Crippen MR) is 58.7 cm³/mol. The Hall–Kier alpha value is -1.06. The summed E-state index contributed by atoms with van der Waals surface area (Å²) >= 11 is 0. The van der Waals surface area contributed by atoms with Crippen molar-refractivity contribution in [3.63, 3.8) is 0 Å². The molecule has 1 heterocycles. The highest BCUT2D eigenvalue weighted by molar-refractivity contribution is 6.32. The third kappa shape index (κ3) is 2.06. The molecule has 1 saturated heterocycles. The van der Waals surface area contributed by atoms with E-state index in [1.54, 1.807) is 11.8 Å². The van der Waals surface area contributed by atoms with Crippen LogP contribution in [-0.2, 0) is 14.3 Å². The van der Waals surface area contributed by atoms with Gasteiger partial charge < -0.3 is 9.64 Å². The van der Waals surface area contributed by atoms with Crippen molar-refractivity contribution >= 4 is 11.9 Å². The van der Waals surface area contributed by atoms with Gasteiger partial charge >= 0.3 is 11.9 Å². The van der Waals surface area contributed by atoms with Crippen LogP contribution in [0.3, 0.4) is 0 Å². The zero-order chi connectivity index (χ0) is 11.5. The van der Waals surface area contributed by atoms with E-state index in [1.807, 2.05) is 0 Å². The van der Waals surface area contributed by atoms with E-state index in [4.69, 9.17) is 4.74 Å². The monoisotopic (exact) mass is 225 g/mol. The molecule has 1 aliphatic heterocycles. The third-order valence-electron chi connectivity index (χ3n) is 3.72. The topological polar surface area (TPSA) is 46.6 Å². The molecule has 1 saturated carbocycles. The van der Waals surface area contributed by atoms with Crippen LogP contribution in [0.25, 0.3) is 0 Å². The summed E-state index contributed by atoms with van der Waals surface area (Å²) in [5.41, 5.74) is 0. The molecule has 2 unspecified atom stereocenters. The SMILES string of the molecule is CCOC(=O)C(=O)N1CCC2CCCCC21. The van der Waals surface area contributed by atoms with Crippen molar-refractivity contribution in [2.24, 2.45) is 5.92 Å². The van der Waals surface area contributed by atoms with Crippen LogP contribution in [-0.4, -0.2) is 36.0 Å². The Balaban J connectivity index is 1.99. The molecule has 4 nitrogen and oxygen atoms in total. The highest BCUT2D eigenvalue weighted by Crippen LogP contribution is 2.36. The number of hydrogen-bond acceptors (Lipinski definition) is 3. The molecule has 16 heavy (non-hydrogen) atoms. The van der Waals surface area contributed by atoms with Gasteiger partial charge in [0.15, 0.2) is 0 Å². The molecule has 2 rings (SSSR count). The highest BCUT2D eigenvalue weighted by Gasteiger charge is 2.40. The van der Waals surface area contributed by atoms with Crippen LogP contribution in [0.1, 0.15) is 39.0 Å². The van der Waals surface area contributed by atoms with Crippen LogP contribution in [0.4, 0.5) is 0 Å². The number of likely N-dealkylation sites (tertiary alicyclic amines) is 1. The lowest BCUT2D eigenvalue weighted by Gasteiger charge is -2.30. The molecule has 0 N–H and O–H groups in total. The molecular weight excluding hydrogens is 206 g/mol. The second-order valence-corrected chi connectivity index (χ2v) is 4.62. The minimum Gasteiger partial charge on any atom is -0.459 e. The van der Waals surface area contributed by atoms with Crippen LogP contribution in [0, 0.1) is 5.92 Å². The van der Waals surface area contributed by atoms with Crippen LogP contribution < -0.4 is 0 Å². The third-order valence-corrected chi connectivity index (χ3v) is 3.72. The maximum absolute atomic E-state index is 11.8. The van der Waals surface area contributed by atoms with E-state index in [1.165, 1.54) is 19.3 Å². The average Bonchev–Trinajstić information content (AvgIpc) is 2.72. The quantitative estimate of drug-likeness (QED) is 0.500. The molecule has 0 aromatic carbocycles. The summed E-state index contributed by atoms with van der Waals surface area (Å²) in [7, 11) is 0. The van der Waals surface area contributed by atoms with E-state index in [0.29, 0.717) is 12.0 Å². The minimum absolute atomic E-state index is 0.270. The minimum atomic E-state index is -0.686. The van der Waals surface area contributed by atoms with Gasteiger partial charge in [-0.3, -0.25) is 4.79 Å². The van der Waals surface area contributed by atoms with Crippen molar-refractivity contribution in [2.45, 2.75) is 45.1 Å². The van der Waals surface area contributed by atoms with Crippen LogP contribution in [0.2, 0.25) is 0 Å². The second kappa shape index (κ2) is 4.85. The standard InChI is InChI=1S/C12H19NO3/c1-2-16-12(15)11(14)13-8-7-9-5-3-4-6-10(9)13/h9-10H,2-8H2,1H3. The number of fused-ring (bicyclic) bond motifs is 1. The lowest BCUT2D eigenvalue weighted by atomic mass is 9.85. The van der Waals surface area contributed by atoms with Gasteiger partial charge in [-0.2, -0.15) is 0 Å². The van der Waals surface area contributed by atoms with Gasteiger partial charge in [0.05, 0.1) is 6.61 Å². The number of amides is 1. The van der Waals surface area contributed by atoms with Gasteiger partial charge in [-0.05, 0) is 32.1 Å². The van der Waals surface area contributed by atoms with Gasteiger partial charge in [-0.1, -0.05) is 12.8 Å². The van der Waals surface area contributed by atoms with Crippen LogP contribution in [0.5, 0.6) is 0 Å². The molecule has 2 fully saturated rings. The summed E-state index contributed by atoms with van der Waals surface area (Å²) in [5, 5.41) is 0. The largest absolute Gasteiger partial charge is 0.459 e. The van der Waals surface area contributed by atoms with Crippen molar-refractivity contribution in [1.29, 1.82) is 0 Å². The molecule has 2 atom stereocenters. The Morgan fingerprint density at radius 1 is 1.25 bits per heavy atom. The first kappa shape index (κ1) is 11.4. The van der Waals surface area contributed by atoms with Crippen molar-refractivity contribution in [3.8, 4) is 0 Å². The normalized spacial score (nSPS) is 28.7. The summed E-state index contributed by atoms with van der Waals surface area (Å²) < 4.78 is 4.77. The number of nitrogens with zero attached hydrogens (tertiary/aromatic N) is 1. The summed E-state index contributed by atoms with van der Waals surface area (Å²) in [5.74, 6) is -0.503. The van der Waals surface area contributed by atoms with Crippen molar-refractivity contribution in [1.82, 2.24) is 4.90 Å². The Kier molecular flexibility index (Phi) is 3.46. The molecule has 0 aromatic heterocycles. The van der Waals surface area contributed by atoms with E-state index in [9.17, 15) is 9.59 Å². The fourth-order valence-electron chi connectivity index (χ4n) is 2.97. The number of ether oxygens (including phenoxy) is 1. The fourth-order valence-corrected chi connectivity index (χ4v) is 2.97. The van der Waals surface area contributed by atoms with E-state index in [0.717, 1.165) is 19.4 Å². The summed E-state index contributed by atoms with van der Waals surface area (Å²) in [6.45, 7) is 2.72. The van der Waals surface area contributed by atoms with E-state index >= 15 is 0 Å². The molecule has 0 spiro atoms. The van der Waals surface area contributed by atoms with Gasteiger partial charge in [-0.15, -0.1) is 0 Å². The first-order valence-corrected chi connectivity index (χ1v) is 6.21. The molecule has 90 valence electrons. The smallest absolute Gasteiger partial charge is 0.397 e. The number of carbonyl (C=O) groups excluding carboxylic acids is 2. The van der Waals surface area contributed by atoms with Crippen molar-refractivity contribution in [3.05, 3.63) is 0 Å². The lowest BCUT2D eigenvalue weighted by molar-refractivity contribution is -0.160. The molecule has 0 bridgehead atoms. The molecule has 1 amide bonds. The Morgan fingerprint density at radius 2 is 2.00 bits per heavy atom. The van der Waals surface area contributed by atoms with Gasteiger partial charge in [0, 0.05) is 12.6 Å². The Morgan fingerprint density at radius 3 is 2.75 bits per heavy atom. The number of carbonyl (C=O) groups is 2. The second-order valence-electron chi connectivity index (χ2n) is 4.62. The zero-order valence-corrected chi connectivity index (χ0v) is 9.78. The molecule has 0 radical (unpaired) electrons. The number of esters is 1. The average molecular weight is 225 g/mol. The van der Waals surface area contributed by atoms with Gasteiger partial charge in [0.25, 0.3) is 0 Å². The van der Waals surface area contributed by atoms with E-state index in [-0.39, 0.29) is 6.61 Å². The van der Waals surface area contributed by atoms with Crippen LogP contribution >= 0.6 is 0 Å². The Bertz CT molecular complexity index is 290. The molecule has 1 aliphatic carbocycles. The number of hydrogen-bond donors (Lipinski definition) is 0. The fraction of sp³-hybridized carbons (Fsp3) is 0.833. The van der Waals surface area contributed by atoms with Gasteiger partial charge in [-0.25, -0.2) is 4.79 Å². The van der Waals surface area contributed by atoms with Gasteiger partial charge in [0.1, 0.15) is 0 Å². The van der Waals surface area contributed by atoms with Crippen LogP contribution in [0.15, 0.2) is 0 Å². The highest BCUT2D eigenvalue weighted by atomic mass is 16.5. The van der Waals surface area contributed by atoms with E-state index < -0.39 is 11.9 Å². The van der Waals surface area contributed by atoms with Crippen molar-refractivity contribution < 1.29 is 14.3 Å². The Labute approximate surface area is 95.9 Å². The zero-order valence-electron chi connectivity index (χ0n) is 9.78. The maximum Gasteiger partial charge on any atom is 0.397 e. The molecular formula is C12H19NO3. The molecule has 2 aliphatic rings. The number of rotatable bonds is 1. The van der Waals surface area contributed by atoms with E-state index in [2.05, 4.69) is 0 Å². The molecule has 0 aromatic rings. The maximum atomic E-state index is 11.8. The van der Waals surface area contributed by atoms with Crippen molar-refractivity contribution in [2.75, 3.05) is 13.2 Å². The van der Waals surface area contributed by atoms with Gasteiger partial charge in [0.2, 0.25) is 0 Å².